The lowest BCUT2D eigenvalue weighted by Gasteiger charge is -2.35. The van der Waals surface area contributed by atoms with Crippen molar-refractivity contribution in [3.63, 3.8) is 0 Å². The molecule has 1 aromatic rings. The molecule has 1 fully saturated rings. The molecule has 1 saturated heterocycles. The molecule has 3 N–H and O–H groups in total. The Kier molecular flexibility index (Phi) is 7.00. The zero-order valence-corrected chi connectivity index (χ0v) is 17.4. The number of piperidine rings is 1. The number of hydrogen-bond donors (Lipinski definition) is 2. The largest absolute Gasteiger partial charge is 0.452 e. The molecule has 1 aliphatic heterocycles. The summed E-state index contributed by atoms with van der Waals surface area (Å²) in [6.07, 6.45) is 0.0696. The van der Waals surface area contributed by atoms with Gasteiger partial charge in [-0.05, 0) is 44.0 Å². The Balaban J connectivity index is 1.83. The van der Waals surface area contributed by atoms with E-state index in [0.717, 1.165) is 0 Å². The number of amides is 3. The van der Waals surface area contributed by atoms with Crippen molar-refractivity contribution in [2.75, 3.05) is 18.4 Å². The lowest BCUT2D eigenvalue weighted by atomic mass is 9.91. The van der Waals surface area contributed by atoms with Gasteiger partial charge in [-0.25, -0.2) is 0 Å². The topological polar surface area (TPSA) is 119 Å². The average Bonchev–Trinajstić information content (AvgIpc) is 2.67. The third-order valence-corrected chi connectivity index (χ3v) is 4.86. The minimum atomic E-state index is -0.965. The summed E-state index contributed by atoms with van der Waals surface area (Å²) in [5, 5.41) is 2.63. The van der Waals surface area contributed by atoms with Crippen LogP contribution in [0.3, 0.4) is 0 Å². The van der Waals surface area contributed by atoms with Crippen LogP contribution < -0.4 is 11.1 Å². The van der Waals surface area contributed by atoms with Crippen molar-refractivity contribution in [1.29, 1.82) is 0 Å². The first-order valence-electron chi connectivity index (χ1n) is 9.69. The fourth-order valence-electron chi connectivity index (χ4n) is 3.08. The van der Waals surface area contributed by atoms with Crippen LogP contribution in [0.1, 0.15) is 50.9 Å². The average molecular weight is 403 g/mol. The molecule has 1 atom stereocenters. The molecular weight excluding hydrogens is 374 g/mol. The van der Waals surface area contributed by atoms with Crippen molar-refractivity contribution in [2.45, 2.75) is 46.6 Å². The molecule has 0 radical (unpaired) electrons. The van der Waals surface area contributed by atoms with Crippen molar-refractivity contribution in [3.05, 3.63) is 29.8 Å². The highest BCUT2D eigenvalue weighted by Crippen LogP contribution is 2.24. The molecule has 0 aromatic heterocycles. The van der Waals surface area contributed by atoms with Gasteiger partial charge < -0.3 is 20.7 Å². The van der Waals surface area contributed by atoms with Crippen molar-refractivity contribution < 1.29 is 23.9 Å². The number of nitrogens with one attached hydrogen (secondary N) is 1. The first-order chi connectivity index (χ1) is 13.5. The third-order valence-electron chi connectivity index (χ3n) is 4.86. The third kappa shape index (κ3) is 6.04. The summed E-state index contributed by atoms with van der Waals surface area (Å²) in [4.78, 5) is 49.8. The van der Waals surface area contributed by atoms with Crippen molar-refractivity contribution >= 4 is 29.4 Å². The molecule has 0 bridgehead atoms. The van der Waals surface area contributed by atoms with E-state index < -0.39 is 29.3 Å². The number of nitrogens with two attached hydrogens (primary N) is 1. The summed E-state index contributed by atoms with van der Waals surface area (Å²) in [5.41, 5.74) is 5.53. The number of likely N-dealkylation sites (tertiary alicyclic amines) is 1. The summed E-state index contributed by atoms with van der Waals surface area (Å²) in [7, 11) is 0. The van der Waals surface area contributed by atoms with Crippen LogP contribution in [0.25, 0.3) is 0 Å². The Bertz CT molecular complexity index is 775. The van der Waals surface area contributed by atoms with Crippen LogP contribution in [-0.2, 0) is 19.1 Å². The Morgan fingerprint density at radius 1 is 1.10 bits per heavy atom. The Morgan fingerprint density at radius 3 is 2.14 bits per heavy atom. The van der Waals surface area contributed by atoms with E-state index in [1.807, 2.05) is 20.8 Å². The van der Waals surface area contributed by atoms with Crippen LogP contribution in [0.4, 0.5) is 5.69 Å². The van der Waals surface area contributed by atoms with Gasteiger partial charge in [-0.1, -0.05) is 20.8 Å². The predicted molar refractivity (Wildman–Crippen MR) is 108 cm³/mol. The maximum absolute atomic E-state index is 12.4. The first-order valence-corrected chi connectivity index (χ1v) is 9.69. The number of carbonyl (C=O) groups is 4. The van der Waals surface area contributed by atoms with Gasteiger partial charge in [0.05, 0.1) is 5.92 Å². The molecular formula is C21H29N3O5. The lowest BCUT2D eigenvalue weighted by molar-refractivity contribution is -0.160. The van der Waals surface area contributed by atoms with Gasteiger partial charge in [0.25, 0.3) is 5.91 Å². The second-order valence-corrected chi connectivity index (χ2v) is 8.33. The Labute approximate surface area is 170 Å². The quantitative estimate of drug-likeness (QED) is 0.728. The number of benzene rings is 1. The Morgan fingerprint density at radius 2 is 1.66 bits per heavy atom. The minimum absolute atomic E-state index is 0.0689. The van der Waals surface area contributed by atoms with Gasteiger partial charge in [0.15, 0.2) is 6.10 Å². The van der Waals surface area contributed by atoms with Gasteiger partial charge in [-0.15, -0.1) is 0 Å². The van der Waals surface area contributed by atoms with Crippen LogP contribution in [0.15, 0.2) is 24.3 Å². The van der Waals surface area contributed by atoms with Gasteiger partial charge >= 0.3 is 5.97 Å². The summed E-state index contributed by atoms with van der Waals surface area (Å²) in [6, 6.07) is 6.10. The fraction of sp³-hybridized carbons (Fsp3) is 0.524. The predicted octanol–water partition coefficient (Wildman–Crippen LogP) is 1.94. The van der Waals surface area contributed by atoms with Crippen LogP contribution >= 0.6 is 0 Å². The number of nitrogens with zero attached hydrogens (tertiary/aromatic N) is 1. The van der Waals surface area contributed by atoms with Crippen molar-refractivity contribution in [1.82, 2.24) is 4.90 Å². The van der Waals surface area contributed by atoms with Crippen LogP contribution in [-0.4, -0.2) is 47.8 Å². The normalized spacial score (nSPS) is 16.1. The van der Waals surface area contributed by atoms with Gasteiger partial charge in [0.2, 0.25) is 11.8 Å². The zero-order valence-electron chi connectivity index (χ0n) is 17.4. The highest BCUT2D eigenvalue weighted by Gasteiger charge is 2.33. The SMILES string of the molecule is CC(OC(=O)C1CCN(C(=O)C(C)(C)C)CC1)C(=O)Nc1ccc(C(N)=O)cc1. The highest BCUT2D eigenvalue weighted by molar-refractivity contribution is 5.96. The van der Waals surface area contributed by atoms with Gasteiger partial charge in [0, 0.05) is 29.8 Å². The molecule has 8 heteroatoms. The molecule has 2 rings (SSSR count). The van der Waals surface area contributed by atoms with Crippen LogP contribution in [0.5, 0.6) is 0 Å². The first kappa shape index (κ1) is 22.4. The molecule has 29 heavy (non-hydrogen) atoms. The Hall–Kier alpha value is -2.90. The number of rotatable bonds is 5. The van der Waals surface area contributed by atoms with Gasteiger partial charge in [0.1, 0.15) is 0 Å². The molecule has 1 aliphatic rings. The maximum atomic E-state index is 12.4. The van der Waals surface area contributed by atoms with E-state index in [2.05, 4.69) is 5.32 Å². The number of hydrogen-bond acceptors (Lipinski definition) is 5. The van der Waals surface area contributed by atoms with E-state index in [0.29, 0.717) is 37.2 Å². The minimum Gasteiger partial charge on any atom is -0.452 e. The molecule has 1 heterocycles. The van der Waals surface area contributed by atoms with E-state index in [9.17, 15) is 19.2 Å². The lowest BCUT2D eigenvalue weighted by Crippen LogP contribution is -2.45. The van der Waals surface area contributed by atoms with Gasteiger partial charge in [-0.2, -0.15) is 0 Å². The van der Waals surface area contributed by atoms with E-state index >= 15 is 0 Å². The van der Waals surface area contributed by atoms with Crippen molar-refractivity contribution in [3.8, 4) is 0 Å². The van der Waals surface area contributed by atoms with Crippen molar-refractivity contribution in [2.24, 2.45) is 17.1 Å². The zero-order chi connectivity index (χ0) is 21.8. The molecule has 0 saturated carbocycles. The number of ether oxygens (including phenoxy) is 1. The second-order valence-electron chi connectivity index (χ2n) is 8.33. The van der Waals surface area contributed by atoms with E-state index in [1.54, 1.807) is 17.0 Å². The number of esters is 1. The molecule has 1 unspecified atom stereocenters. The smallest absolute Gasteiger partial charge is 0.309 e. The molecule has 3 amide bonds. The van der Waals surface area contributed by atoms with E-state index in [4.69, 9.17) is 10.5 Å². The van der Waals surface area contributed by atoms with Crippen LogP contribution in [0.2, 0.25) is 0 Å². The second kappa shape index (κ2) is 9.07. The van der Waals surface area contributed by atoms with E-state index in [1.165, 1.54) is 19.1 Å². The van der Waals surface area contributed by atoms with Crippen LogP contribution in [0, 0.1) is 11.3 Å². The number of primary amides is 1. The van der Waals surface area contributed by atoms with Gasteiger partial charge in [-0.3, -0.25) is 19.2 Å². The number of carbonyl (C=O) groups excluding carboxylic acids is 4. The summed E-state index contributed by atoms with van der Waals surface area (Å²) in [5.74, 6) is -1.71. The summed E-state index contributed by atoms with van der Waals surface area (Å²) >= 11 is 0. The highest BCUT2D eigenvalue weighted by atomic mass is 16.5. The van der Waals surface area contributed by atoms with E-state index in [-0.39, 0.29) is 11.8 Å². The summed E-state index contributed by atoms with van der Waals surface area (Å²) in [6.45, 7) is 8.13. The molecule has 0 aliphatic carbocycles. The fourth-order valence-corrected chi connectivity index (χ4v) is 3.08. The standard InChI is InChI=1S/C21H29N3O5/c1-13(18(26)23-16-7-5-14(6-8-16)17(22)25)29-19(27)15-9-11-24(12-10-15)20(28)21(2,3)4/h5-8,13,15H,9-12H2,1-4H3,(H2,22,25)(H,23,26). The maximum Gasteiger partial charge on any atom is 0.309 e. The molecule has 158 valence electrons. The number of anilines is 1. The molecule has 0 spiro atoms. The molecule has 8 nitrogen and oxygen atoms in total. The molecule has 1 aromatic carbocycles. The monoisotopic (exact) mass is 403 g/mol. The summed E-state index contributed by atoms with van der Waals surface area (Å²) < 4.78 is 5.32.